The van der Waals surface area contributed by atoms with Crippen LogP contribution >= 0.6 is 0 Å². The minimum absolute atomic E-state index is 0.178. The van der Waals surface area contributed by atoms with Crippen molar-refractivity contribution in [3.8, 4) is 0 Å². The fraction of sp³-hybridized carbons (Fsp3) is 0.875. The van der Waals surface area contributed by atoms with E-state index in [-0.39, 0.29) is 5.96 Å². The van der Waals surface area contributed by atoms with Crippen LogP contribution in [0, 0.1) is 5.41 Å². The summed E-state index contributed by atoms with van der Waals surface area (Å²) in [4.78, 5) is 1.92. The van der Waals surface area contributed by atoms with Crippen LogP contribution in [0.4, 0.5) is 0 Å². The number of nitrogens with two attached hydrogens (primary N) is 1. The van der Waals surface area contributed by atoms with Crippen LogP contribution in [0.25, 0.3) is 0 Å². The van der Waals surface area contributed by atoms with Crippen molar-refractivity contribution < 1.29 is 4.74 Å². The van der Waals surface area contributed by atoms with Crippen molar-refractivity contribution in [2.24, 2.45) is 5.73 Å². The molecule has 0 saturated carbocycles. The Kier molecular flexibility index (Phi) is 3.34. The maximum Gasteiger partial charge on any atom is 0.188 e. The van der Waals surface area contributed by atoms with Crippen molar-refractivity contribution in [3.05, 3.63) is 0 Å². The fourth-order valence-electron chi connectivity index (χ4n) is 1.68. The van der Waals surface area contributed by atoms with Crippen molar-refractivity contribution in [2.45, 2.75) is 25.3 Å². The largest absolute Gasteiger partial charge is 0.383 e. The Balaban J connectivity index is 2.48. The quantitative estimate of drug-likeness (QED) is 0.466. The second-order valence-electron chi connectivity index (χ2n) is 3.18. The third-order valence-corrected chi connectivity index (χ3v) is 2.30. The molecule has 1 saturated heterocycles. The van der Waals surface area contributed by atoms with Crippen LogP contribution < -0.4 is 5.73 Å². The molecule has 0 radical (unpaired) electrons. The van der Waals surface area contributed by atoms with Gasteiger partial charge in [-0.15, -0.1) is 0 Å². The smallest absolute Gasteiger partial charge is 0.188 e. The summed E-state index contributed by atoms with van der Waals surface area (Å²) in [7, 11) is 1.69. The van der Waals surface area contributed by atoms with E-state index in [1.807, 2.05) is 4.90 Å². The molecule has 0 bridgehead atoms. The molecule has 0 spiro atoms. The van der Waals surface area contributed by atoms with E-state index in [1.54, 1.807) is 7.11 Å². The van der Waals surface area contributed by atoms with Gasteiger partial charge >= 0.3 is 0 Å². The highest BCUT2D eigenvalue weighted by Gasteiger charge is 2.22. The van der Waals surface area contributed by atoms with E-state index in [0.29, 0.717) is 12.6 Å². The van der Waals surface area contributed by atoms with Crippen molar-refractivity contribution in [2.75, 3.05) is 20.3 Å². The van der Waals surface area contributed by atoms with Crippen LogP contribution in [-0.4, -0.2) is 37.2 Å². The molecular weight excluding hydrogens is 154 g/mol. The van der Waals surface area contributed by atoms with E-state index >= 15 is 0 Å². The van der Waals surface area contributed by atoms with E-state index in [2.05, 4.69) is 0 Å². The summed E-state index contributed by atoms with van der Waals surface area (Å²) < 4.78 is 5.07. The molecule has 1 heterocycles. The number of hydrogen-bond donors (Lipinski definition) is 2. The number of hydrogen-bond acceptors (Lipinski definition) is 2. The molecule has 1 atom stereocenters. The van der Waals surface area contributed by atoms with Crippen LogP contribution in [0.5, 0.6) is 0 Å². The first-order valence-electron chi connectivity index (χ1n) is 4.35. The second kappa shape index (κ2) is 4.30. The normalized spacial score (nSPS) is 24.1. The molecule has 1 aliphatic rings. The molecule has 12 heavy (non-hydrogen) atoms. The van der Waals surface area contributed by atoms with Gasteiger partial charge in [-0.2, -0.15) is 0 Å². The summed E-state index contributed by atoms with van der Waals surface area (Å²) in [5.41, 5.74) is 5.44. The minimum atomic E-state index is 0.178. The van der Waals surface area contributed by atoms with Crippen molar-refractivity contribution >= 4 is 5.96 Å². The zero-order chi connectivity index (χ0) is 8.97. The highest BCUT2D eigenvalue weighted by atomic mass is 16.5. The number of rotatable bonds is 2. The summed E-state index contributed by atoms with van der Waals surface area (Å²) in [5, 5.41) is 7.35. The molecular formula is C8H17N3O. The van der Waals surface area contributed by atoms with Gasteiger partial charge in [0.25, 0.3) is 0 Å². The Hall–Kier alpha value is -0.770. The Bertz CT molecular complexity index is 158. The lowest BCUT2D eigenvalue weighted by Gasteiger charge is -2.35. The third kappa shape index (κ3) is 2.11. The number of methoxy groups -OCH3 is 1. The summed E-state index contributed by atoms with van der Waals surface area (Å²) in [6.07, 6.45) is 3.45. The van der Waals surface area contributed by atoms with E-state index in [9.17, 15) is 0 Å². The zero-order valence-corrected chi connectivity index (χ0v) is 7.55. The number of nitrogens with zero attached hydrogens (tertiary/aromatic N) is 1. The van der Waals surface area contributed by atoms with Gasteiger partial charge in [-0.25, -0.2) is 0 Å². The van der Waals surface area contributed by atoms with Gasteiger partial charge in [0.15, 0.2) is 5.96 Å². The topological polar surface area (TPSA) is 62.3 Å². The molecule has 0 unspecified atom stereocenters. The molecule has 0 aliphatic carbocycles. The van der Waals surface area contributed by atoms with Gasteiger partial charge < -0.3 is 15.4 Å². The Morgan fingerprint density at radius 3 is 3.00 bits per heavy atom. The van der Waals surface area contributed by atoms with Crippen molar-refractivity contribution in [1.82, 2.24) is 4.90 Å². The van der Waals surface area contributed by atoms with Gasteiger partial charge in [0.1, 0.15) is 0 Å². The molecule has 0 aromatic rings. The van der Waals surface area contributed by atoms with Crippen LogP contribution in [0.1, 0.15) is 19.3 Å². The predicted octanol–water partition coefficient (Wildman–Crippen LogP) is 0.381. The number of nitrogens with one attached hydrogen (secondary N) is 1. The van der Waals surface area contributed by atoms with E-state index in [4.69, 9.17) is 15.9 Å². The summed E-state index contributed by atoms with van der Waals surface area (Å²) in [6, 6.07) is 0.321. The first-order chi connectivity index (χ1) is 5.75. The molecule has 4 heteroatoms. The molecule has 1 fully saturated rings. The van der Waals surface area contributed by atoms with Crippen LogP contribution in [0.3, 0.4) is 0 Å². The highest BCUT2D eigenvalue weighted by molar-refractivity contribution is 5.75. The zero-order valence-electron chi connectivity index (χ0n) is 7.55. The maximum atomic E-state index is 7.35. The van der Waals surface area contributed by atoms with Gasteiger partial charge in [0, 0.05) is 13.7 Å². The average molecular weight is 171 g/mol. The van der Waals surface area contributed by atoms with Crippen LogP contribution in [0.15, 0.2) is 0 Å². The second-order valence-corrected chi connectivity index (χ2v) is 3.18. The fourth-order valence-corrected chi connectivity index (χ4v) is 1.68. The average Bonchev–Trinajstić information content (AvgIpc) is 2.05. The SMILES string of the molecule is COC[C@@H]1CCCCN1C(=N)N. The lowest BCUT2D eigenvalue weighted by atomic mass is 10.0. The van der Waals surface area contributed by atoms with E-state index < -0.39 is 0 Å². The number of ether oxygens (including phenoxy) is 1. The molecule has 0 aromatic carbocycles. The summed E-state index contributed by atoms with van der Waals surface area (Å²) >= 11 is 0. The monoisotopic (exact) mass is 171 g/mol. The summed E-state index contributed by atoms with van der Waals surface area (Å²) in [6.45, 7) is 1.59. The van der Waals surface area contributed by atoms with Gasteiger partial charge in [0.05, 0.1) is 12.6 Å². The molecule has 70 valence electrons. The van der Waals surface area contributed by atoms with Gasteiger partial charge in [-0.1, -0.05) is 0 Å². The Labute approximate surface area is 73.2 Å². The van der Waals surface area contributed by atoms with Crippen LogP contribution in [0.2, 0.25) is 0 Å². The van der Waals surface area contributed by atoms with Gasteiger partial charge in [-0.3, -0.25) is 5.41 Å². The molecule has 1 rings (SSSR count). The van der Waals surface area contributed by atoms with Gasteiger partial charge in [-0.05, 0) is 19.3 Å². The molecule has 0 aromatic heterocycles. The van der Waals surface area contributed by atoms with E-state index in [0.717, 1.165) is 19.4 Å². The Morgan fingerprint density at radius 1 is 1.67 bits per heavy atom. The first kappa shape index (κ1) is 9.32. The number of piperidine rings is 1. The van der Waals surface area contributed by atoms with Crippen molar-refractivity contribution in [1.29, 1.82) is 5.41 Å². The lowest BCUT2D eigenvalue weighted by Crippen LogP contribution is -2.48. The van der Waals surface area contributed by atoms with E-state index in [1.165, 1.54) is 6.42 Å². The van der Waals surface area contributed by atoms with Gasteiger partial charge in [0.2, 0.25) is 0 Å². The predicted molar refractivity (Wildman–Crippen MR) is 48.1 cm³/mol. The molecule has 0 amide bonds. The summed E-state index contributed by atoms with van der Waals surface area (Å²) in [5.74, 6) is 0.178. The van der Waals surface area contributed by atoms with Crippen LogP contribution in [-0.2, 0) is 4.74 Å². The number of guanidine groups is 1. The van der Waals surface area contributed by atoms with Crippen molar-refractivity contribution in [3.63, 3.8) is 0 Å². The first-order valence-corrected chi connectivity index (χ1v) is 4.35. The minimum Gasteiger partial charge on any atom is -0.383 e. The number of likely N-dealkylation sites (tertiary alicyclic amines) is 1. The third-order valence-electron chi connectivity index (χ3n) is 2.30. The maximum absolute atomic E-state index is 7.35. The molecule has 1 aliphatic heterocycles. The molecule has 4 nitrogen and oxygen atoms in total. The standard InChI is InChI=1S/C8H17N3O/c1-12-6-7-4-2-3-5-11(7)8(9)10/h7H,2-6H2,1H3,(H3,9,10)/t7-/m0/s1. The lowest BCUT2D eigenvalue weighted by molar-refractivity contribution is 0.105. The Morgan fingerprint density at radius 2 is 2.42 bits per heavy atom. The highest BCUT2D eigenvalue weighted by Crippen LogP contribution is 2.16. The molecule has 3 N–H and O–H groups in total.